The number of aryl methyl sites for hydroxylation is 2. The number of hydrogen-bond donors (Lipinski definition) is 0. The zero-order chi connectivity index (χ0) is 61.8. The molecule has 2 aliphatic heterocycles. The van der Waals surface area contributed by atoms with Gasteiger partial charge in [-0.25, -0.2) is 0 Å². The van der Waals surface area contributed by atoms with Gasteiger partial charge in [0.2, 0.25) is 0 Å². The van der Waals surface area contributed by atoms with Crippen molar-refractivity contribution in [3.8, 4) is 11.1 Å². The molecule has 9 aromatic rings. The van der Waals surface area contributed by atoms with Crippen LogP contribution in [0.25, 0.3) is 33.1 Å². The Balaban J connectivity index is 1.08. The predicted molar refractivity (Wildman–Crippen MR) is 375 cm³/mol. The van der Waals surface area contributed by atoms with Crippen LogP contribution in [0.2, 0.25) is 0 Å². The molecule has 14 rings (SSSR count). The van der Waals surface area contributed by atoms with E-state index in [9.17, 15) is 0 Å². The maximum absolute atomic E-state index is 7.35. The van der Waals surface area contributed by atoms with Crippen LogP contribution >= 0.6 is 0 Å². The van der Waals surface area contributed by atoms with E-state index in [-0.39, 0.29) is 50.2 Å². The fourth-order valence-corrected chi connectivity index (χ4v) is 16.4. The predicted octanol–water partition coefficient (Wildman–Crippen LogP) is 22.0. The van der Waals surface area contributed by atoms with E-state index in [1.807, 2.05) is 0 Å². The topological polar surface area (TPSA) is 22.9 Å². The quantitative estimate of drug-likeness (QED) is 0.160. The van der Waals surface area contributed by atoms with E-state index in [0.29, 0.717) is 0 Å². The summed E-state index contributed by atoms with van der Waals surface area (Å²) in [6.07, 6.45) is 6.94. The van der Waals surface area contributed by atoms with Crippen molar-refractivity contribution in [2.45, 2.75) is 220 Å². The van der Waals surface area contributed by atoms with E-state index >= 15 is 0 Å². The maximum Gasteiger partial charge on any atom is 0.333 e. The van der Waals surface area contributed by atoms with Crippen molar-refractivity contribution in [2.24, 2.45) is 0 Å². The van der Waals surface area contributed by atoms with Crippen LogP contribution in [0.15, 0.2) is 138 Å². The van der Waals surface area contributed by atoms with Gasteiger partial charge in [0.05, 0.1) is 0 Å². The second kappa shape index (κ2) is 18.8. The molecule has 4 nitrogen and oxygen atoms in total. The minimum Gasteiger partial charge on any atom is -0.456 e. The SMILES string of the molecule is Cc1cc2c3c(c1)N(c1cc4c(cc1C)C(C)(C)CCC4(C)C)c1cc4c(cc1B3N(c1ccc3c(c1)C(C)(C)CCC3(C)C)c1ccc(N(c3ccc(C(C)(C)C)cc3)c3ccc(C(C)(C)C)cc3)cc1-2)oc1cc2c(cc14)C(C)(C)CCC2(C)C. The Hall–Kier alpha value is -6.98. The third-order valence-electron chi connectivity index (χ3n) is 22.5. The van der Waals surface area contributed by atoms with Crippen molar-refractivity contribution < 1.29 is 4.42 Å². The minimum atomic E-state index is -0.194. The number of fused-ring (bicyclic) bond motifs is 10. The normalized spacial score (nSPS) is 19.0. The van der Waals surface area contributed by atoms with Crippen LogP contribution in [0.1, 0.15) is 219 Å². The Morgan fingerprint density at radius 3 is 1.43 bits per heavy atom. The third kappa shape index (κ3) is 9.02. The molecule has 3 aliphatic carbocycles. The van der Waals surface area contributed by atoms with Crippen LogP contribution in [0.4, 0.5) is 45.5 Å². The summed E-state index contributed by atoms with van der Waals surface area (Å²) < 4.78 is 7.35. The molecule has 0 radical (unpaired) electrons. The van der Waals surface area contributed by atoms with Crippen molar-refractivity contribution in [3.05, 3.63) is 189 Å². The van der Waals surface area contributed by atoms with Crippen molar-refractivity contribution in [2.75, 3.05) is 14.6 Å². The lowest BCUT2D eigenvalue weighted by molar-refractivity contribution is 0.332. The van der Waals surface area contributed by atoms with Gasteiger partial charge in [0.1, 0.15) is 11.2 Å². The zero-order valence-electron chi connectivity index (χ0n) is 56.3. The summed E-state index contributed by atoms with van der Waals surface area (Å²) in [6, 6.07) is 53.8. The van der Waals surface area contributed by atoms with E-state index in [4.69, 9.17) is 4.42 Å². The standard InChI is InChI=1S/C82H94BN3O/c1-49-39-60-57-42-55(84(53-25-21-51(22-26-53)75(3,4)5)54-27-23-52(24-28-54)76(6,7)8)30-32-68(57)86(56-29-31-61-63(43-56)79(13,14)34-33-77(61,9)10)83-67-48-73-59(58-44-64-66(47-72(58)87-73)82(19,20)38-36-80(64,15)16)45-70(67)85(71(40-49)74(60)83)69-46-65-62(41-50(69)2)78(11,12)35-37-81(65,17)18/h21-32,39-48H,33-38H2,1-20H3. The number of anilines is 8. The highest BCUT2D eigenvalue weighted by Gasteiger charge is 2.48. The van der Waals surface area contributed by atoms with Crippen molar-refractivity contribution in [1.82, 2.24) is 0 Å². The van der Waals surface area contributed by atoms with Gasteiger partial charge in [0, 0.05) is 61.8 Å². The van der Waals surface area contributed by atoms with E-state index in [0.717, 1.165) is 53.9 Å². The number of benzene rings is 8. The first-order valence-electron chi connectivity index (χ1n) is 32.9. The van der Waals surface area contributed by atoms with E-state index in [2.05, 4.69) is 287 Å². The molecule has 0 N–H and O–H groups in total. The van der Waals surface area contributed by atoms with Crippen LogP contribution in [0, 0.1) is 13.8 Å². The number of rotatable bonds is 5. The monoisotopic (exact) mass is 1150 g/mol. The molecule has 0 fully saturated rings. The highest BCUT2D eigenvalue weighted by atomic mass is 16.3. The second-order valence-electron chi connectivity index (χ2n) is 33.6. The summed E-state index contributed by atoms with van der Waals surface area (Å²) in [5, 5.41) is 2.39. The summed E-state index contributed by atoms with van der Waals surface area (Å²) in [4.78, 5) is 7.94. The lowest BCUT2D eigenvalue weighted by atomic mass is 9.43. The molecule has 0 bridgehead atoms. The summed E-state index contributed by atoms with van der Waals surface area (Å²) in [6.45, 7) is 47.9. The molecule has 3 heterocycles. The minimum absolute atomic E-state index is 0.00538. The molecular weight excluding hydrogens is 1050 g/mol. The third-order valence-corrected chi connectivity index (χ3v) is 22.5. The van der Waals surface area contributed by atoms with Gasteiger partial charge in [-0.3, -0.25) is 0 Å². The van der Waals surface area contributed by atoms with Crippen molar-refractivity contribution in [3.63, 3.8) is 0 Å². The molecular formula is C82H94BN3O. The van der Waals surface area contributed by atoms with E-state index in [1.54, 1.807) is 0 Å². The van der Waals surface area contributed by atoms with Gasteiger partial charge in [-0.05, 0) is 259 Å². The van der Waals surface area contributed by atoms with Gasteiger partial charge >= 0.3 is 6.85 Å². The highest BCUT2D eigenvalue weighted by molar-refractivity contribution is 6.93. The molecule has 0 atom stereocenters. The molecule has 446 valence electrons. The Bertz CT molecular complexity index is 4280. The molecule has 0 unspecified atom stereocenters. The van der Waals surface area contributed by atoms with Crippen molar-refractivity contribution in [1.29, 1.82) is 0 Å². The zero-order valence-corrected chi connectivity index (χ0v) is 56.3. The first kappa shape index (κ1) is 57.8. The molecule has 0 saturated heterocycles. The van der Waals surface area contributed by atoms with Crippen LogP contribution in [-0.4, -0.2) is 6.85 Å². The number of hydrogen-bond acceptors (Lipinski definition) is 4. The van der Waals surface area contributed by atoms with Gasteiger partial charge in [0.15, 0.2) is 0 Å². The Kier molecular flexibility index (Phi) is 12.5. The van der Waals surface area contributed by atoms with Gasteiger partial charge in [0.25, 0.3) is 0 Å². The van der Waals surface area contributed by atoms with Gasteiger partial charge in [-0.15, -0.1) is 0 Å². The highest BCUT2D eigenvalue weighted by Crippen LogP contribution is 2.56. The average molecular weight is 1150 g/mol. The molecule has 8 aromatic carbocycles. The first-order chi connectivity index (χ1) is 40.6. The van der Waals surface area contributed by atoms with E-state index < -0.39 is 0 Å². The van der Waals surface area contributed by atoms with Gasteiger partial charge < -0.3 is 19.0 Å². The van der Waals surface area contributed by atoms with E-state index in [1.165, 1.54) is 130 Å². The van der Waals surface area contributed by atoms with Crippen molar-refractivity contribution >= 4 is 85.2 Å². The molecule has 1 aromatic heterocycles. The second-order valence-corrected chi connectivity index (χ2v) is 33.6. The Morgan fingerprint density at radius 1 is 0.402 bits per heavy atom. The summed E-state index contributed by atoms with van der Waals surface area (Å²) >= 11 is 0. The molecule has 0 amide bonds. The first-order valence-corrected chi connectivity index (χ1v) is 32.9. The van der Waals surface area contributed by atoms with Crippen LogP contribution in [0.5, 0.6) is 0 Å². The Labute approximate surface area is 521 Å². The van der Waals surface area contributed by atoms with Crippen LogP contribution < -0.4 is 25.5 Å². The maximum atomic E-state index is 7.35. The van der Waals surface area contributed by atoms with Crippen LogP contribution in [0.3, 0.4) is 0 Å². The molecule has 5 aliphatic rings. The molecule has 0 spiro atoms. The fourth-order valence-electron chi connectivity index (χ4n) is 16.4. The number of furan rings is 1. The largest absolute Gasteiger partial charge is 0.456 e. The lowest BCUT2D eigenvalue weighted by Gasteiger charge is -2.48. The summed E-state index contributed by atoms with van der Waals surface area (Å²) in [5.41, 5.74) is 30.9. The van der Waals surface area contributed by atoms with Crippen LogP contribution in [-0.2, 0) is 43.3 Å². The smallest absolute Gasteiger partial charge is 0.333 e. The average Bonchev–Trinajstić information content (AvgIpc) is 1.48. The van der Waals surface area contributed by atoms with Gasteiger partial charge in [-0.1, -0.05) is 167 Å². The summed E-state index contributed by atoms with van der Waals surface area (Å²) in [7, 11) is 0. The Morgan fingerprint density at radius 2 is 0.874 bits per heavy atom. The molecule has 87 heavy (non-hydrogen) atoms. The van der Waals surface area contributed by atoms with Gasteiger partial charge in [-0.2, -0.15) is 0 Å². The summed E-state index contributed by atoms with van der Waals surface area (Å²) in [5.74, 6) is 0. The number of nitrogens with zero attached hydrogens (tertiary/aromatic N) is 3. The lowest BCUT2D eigenvalue weighted by Crippen LogP contribution is -2.61. The molecule has 0 saturated carbocycles. The molecule has 5 heteroatoms. The fraction of sp³-hybridized carbons (Fsp3) is 0.415.